The van der Waals surface area contributed by atoms with E-state index in [1.807, 2.05) is 0 Å². The van der Waals surface area contributed by atoms with Gasteiger partial charge in [0.15, 0.2) is 0 Å². The van der Waals surface area contributed by atoms with Gasteiger partial charge in [0.2, 0.25) is 0 Å². The predicted octanol–water partition coefficient (Wildman–Crippen LogP) is 14.9. The van der Waals surface area contributed by atoms with Gasteiger partial charge in [-0.1, -0.05) is 186 Å². The third kappa shape index (κ3) is 5.80. The Balaban J connectivity index is 1.21. The molecule has 6 aromatic carbocycles. The standard InChI is InChI=1S/C66H78BN3Si/c1-60(2,3)42-25-27-53-47(33-42)48-34-44(62(7,8)9)36-51-58(48)68(53)55-37-45(69-54-28-26-43(61(4,5)6)35-49(54)66(41-23-17-16-18-24-41)32-22-21-31-65(66,69)12)38-56-57(55)67(51)52-40-46(71(13,14)15)39-50-59(52)70(56)64(11)30-20-19-29-63(50,64)10/h16-18,23-28,33-40H,19-22,29-32H2,1-15H3. The zero-order valence-corrected chi connectivity index (χ0v) is 46.9. The zero-order chi connectivity index (χ0) is 50.0. The van der Waals surface area contributed by atoms with Crippen molar-refractivity contribution in [3.8, 4) is 5.69 Å². The number of hydrogen-bond acceptors (Lipinski definition) is 2. The van der Waals surface area contributed by atoms with Gasteiger partial charge in [0, 0.05) is 55.6 Å². The summed E-state index contributed by atoms with van der Waals surface area (Å²) < 4.78 is 2.78. The Labute approximate surface area is 427 Å². The average Bonchev–Trinajstić information content (AvgIpc) is 3.85. The molecule has 0 saturated heterocycles. The van der Waals surface area contributed by atoms with E-state index >= 15 is 0 Å². The quantitative estimate of drug-likeness (QED) is 0.164. The van der Waals surface area contributed by atoms with Crippen molar-refractivity contribution in [1.29, 1.82) is 0 Å². The highest BCUT2D eigenvalue weighted by molar-refractivity contribution is 7.01. The lowest BCUT2D eigenvalue weighted by molar-refractivity contribution is 0.195. The molecule has 71 heavy (non-hydrogen) atoms. The topological polar surface area (TPSA) is 11.4 Å². The Morgan fingerprint density at radius 3 is 1.83 bits per heavy atom. The molecular weight excluding hydrogens is 874 g/mol. The van der Waals surface area contributed by atoms with E-state index < -0.39 is 8.07 Å². The number of hydrogen-bond donors (Lipinski definition) is 0. The van der Waals surface area contributed by atoms with Crippen LogP contribution in [0.25, 0.3) is 27.5 Å². The van der Waals surface area contributed by atoms with Gasteiger partial charge >= 0.3 is 0 Å². The molecule has 4 aliphatic heterocycles. The average molecular weight is 952 g/mol. The molecule has 6 aliphatic rings. The van der Waals surface area contributed by atoms with E-state index in [9.17, 15) is 0 Å². The molecule has 7 aromatic rings. The van der Waals surface area contributed by atoms with Crippen molar-refractivity contribution < 1.29 is 0 Å². The lowest BCUT2D eigenvalue weighted by Gasteiger charge is -2.54. The van der Waals surface area contributed by atoms with Crippen LogP contribution in [0.1, 0.15) is 168 Å². The molecule has 0 N–H and O–H groups in total. The Morgan fingerprint density at radius 1 is 0.521 bits per heavy atom. The van der Waals surface area contributed by atoms with Crippen LogP contribution in [-0.4, -0.2) is 30.4 Å². The van der Waals surface area contributed by atoms with Gasteiger partial charge in [-0.05, 0) is 142 Å². The van der Waals surface area contributed by atoms with Crippen molar-refractivity contribution in [3.63, 3.8) is 0 Å². The predicted molar refractivity (Wildman–Crippen MR) is 310 cm³/mol. The molecule has 2 aliphatic carbocycles. The summed E-state index contributed by atoms with van der Waals surface area (Å²) in [6.45, 7) is 37.4. The van der Waals surface area contributed by atoms with E-state index in [4.69, 9.17) is 0 Å². The molecule has 13 rings (SSSR count). The van der Waals surface area contributed by atoms with Crippen LogP contribution in [0.15, 0.2) is 103 Å². The first-order chi connectivity index (χ1) is 33.3. The molecule has 4 unspecified atom stereocenters. The molecule has 1 aromatic heterocycles. The molecular formula is C66H78BN3Si. The van der Waals surface area contributed by atoms with Gasteiger partial charge in [-0.25, -0.2) is 0 Å². The molecule has 4 atom stereocenters. The summed E-state index contributed by atoms with van der Waals surface area (Å²) >= 11 is 0. The Hall–Kier alpha value is -5.00. The number of benzene rings is 6. The molecule has 0 radical (unpaired) electrons. The molecule has 0 amide bonds. The maximum atomic E-state index is 3.00. The van der Waals surface area contributed by atoms with E-state index in [2.05, 4.69) is 220 Å². The summed E-state index contributed by atoms with van der Waals surface area (Å²) in [6, 6.07) is 43.1. The first-order valence-corrected chi connectivity index (χ1v) is 31.1. The first-order valence-electron chi connectivity index (χ1n) is 27.6. The summed E-state index contributed by atoms with van der Waals surface area (Å²) in [5.41, 5.74) is 22.9. The molecule has 5 heteroatoms. The van der Waals surface area contributed by atoms with Crippen molar-refractivity contribution >= 4 is 80.9 Å². The largest absolute Gasteiger partial charge is 0.335 e. The number of fused-ring (bicyclic) bond motifs is 13. The maximum absolute atomic E-state index is 3.00. The van der Waals surface area contributed by atoms with Gasteiger partial charge in [-0.3, -0.25) is 0 Å². The third-order valence-corrected chi connectivity index (χ3v) is 22.2. The van der Waals surface area contributed by atoms with Crippen LogP contribution in [0, 0.1) is 0 Å². The monoisotopic (exact) mass is 952 g/mol. The van der Waals surface area contributed by atoms with Crippen molar-refractivity contribution in [3.05, 3.63) is 137 Å². The van der Waals surface area contributed by atoms with Gasteiger partial charge in [-0.15, -0.1) is 0 Å². The van der Waals surface area contributed by atoms with Crippen LogP contribution >= 0.6 is 0 Å². The van der Waals surface area contributed by atoms with E-state index in [1.54, 1.807) is 16.2 Å². The van der Waals surface area contributed by atoms with Crippen molar-refractivity contribution in [2.75, 3.05) is 9.80 Å². The second kappa shape index (κ2) is 14.2. The highest BCUT2D eigenvalue weighted by Crippen LogP contribution is 2.66. The van der Waals surface area contributed by atoms with Crippen molar-refractivity contribution in [2.45, 2.75) is 192 Å². The lowest BCUT2D eigenvalue weighted by atomic mass is 9.33. The maximum Gasteiger partial charge on any atom is 0.252 e. The Bertz CT molecular complexity index is 3440. The molecule has 2 fully saturated rings. The lowest BCUT2D eigenvalue weighted by Crippen LogP contribution is -2.64. The zero-order valence-electron chi connectivity index (χ0n) is 45.9. The Kier molecular flexibility index (Phi) is 9.16. The highest BCUT2D eigenvalue weighted by Gasteiger charge is 2.64. The fourth-order valence-corrected chi connectivity index (χ4v) is 17.1. The van der Waals surface area contributed by atoms with Gasteiger partial charge in [0.1, 0.15) is 0 Å². The van der Waals surface area contributed by atoms with E-state index in [1.165, 1.54) is 128 Å². The number of rotatable bonds is 3. The Morgan fingerprint density at radius 2 is 1.14 bits per heavy atom. The second-order valence-corrected chi connectivity index (χ2v) is 33.4. The summed E-state index contributed by atoms with van der Waals surface area (Å²) in [5, 5.41) is 4.40. The van der Waals surface area contributed by atoms with E-state index in [0.29, 0.717) is 0 Å². The van der Waals surface area contributed by atoms with Crippen LogP contribution < -0.4 is 31.4 Å². The minimum atomic E-state index is -1.76. The fourth-order valence-electron chi connectivity index (χ4n) is 16.0. The van der Waals surface area contributed by atoms with E-state index in [-0.39, 0.29) is 44.9 Å². The van der Waals surface area contributed by atoms with Crippen LogP contribution in [-0.2, 0) is 27.1 Å². The first kappa shape index (κ1) is 45.8. The SMILES string of the molecule is CC(C)(C)c1ccc2c(c1)C1(c3ccccc3)CCCCC1(C)N2c1cc2c3c(c1)-n1c4ccc(C(C)(C)C)cc4c4cc(C(C)(C)C)cc(c41)B3c1cc([Si](C)(C)C)cc3c1N2C1(C)CCCCC31C. The van der Waals surface area contributed by atoms with Gasteiger partial charge in [0.05, 0.1) is 24.7 Å². The summed E-state index contributed by atoms with van der Waals surface area (Å²) in [6.07, 6.45) is 9.71. The number of aromatic nitrogens is 1. The van der Waals surface area contributed by atoms with Crippen LogP contribution in [0.4, 0.5) is 22.7 Å². The summed E-state index contributed by atoms with van der Waals surface area (Å²) in [5.74, 6) is 0. The van der Waals surface area contributed by atoms with E-state index in [0.717, 1.165) is 12.8 Å². The van der Waals surface area contributed by atoms with Gasteiger partial charge in [-0.2, -0.15) is 0 Å². The normalized spacial score (nSPS) is 25.4. The molecule has 2 saturated carbocycles. The molecule has 364 valence electrons. The van der Waals surface area contributed by atoms with Gasteiger partial charge < -0.3 is 14.4 Å². The number of nitrogens with zero attached hydrogens (tertiary/aromatic N) is 3. The highest BCUT2D eigenvalue weighted by atomic mass is 28.3. The molecule has 3 nitrogen and oxygen atoms in total. The van der Waals surface area contributed by atoms with Crippen LogP contribution in [0.2, 0.25) is 19.6 Å². The number of anilines is 4. The molecule has 0 bridgehead atoms. The third-order valence-electron chi connectivity index (χ3n) is 20.2. The summed E-state index contributed by atoms with van der Waals surface area (Å²) in [4.78, 5) is 5.91. The molecule has 0 spiro atoms. The minimum absolute atomic E-state index is 0.0236. The molecule has 5 heterocycles. The smallest absolute Gasteiger partial charge is 0.252 e. The van der Waals surface area contributed by atoms with Crippen LogP contribution in [0.3, 0.4) is 0 Å². The fraction of sp³-hybridized carbons (Fsp3) is 0.455. The van der Waals surface area contributed by atoms with Crippen molar-refractivity contribution in [1.82, 2.24) is 4.57 Å². The second-order valence-electron chi connectivity index (χ2n) is 28.3. The van der Waals surface area contributed by atoms with Crippen molar-refractivity contribution in [2.24, 2.45) is 0 Å². The minimum Gasteiger partial charge on any atom is -0.335 e. The summed E-state index contributed by atoms with van der Waals surface area (Å²) in [7, 11) is -1.76. The van der Waals surface area contributed by atoms with Gasteiger partial charge in [0.25, 0.3) is 6.71 Å². The van der Waals surface area contributed by atoms with Crippen LogP contribution in [0.5, 0.6) is 0 Å².